The Morgan fingerprint density at radius 3 is 1.71 bits per heavy atom. The number of ether oxygens (including phenoxy) is 1. The number of fused-ring (bicyclic) bond motifs is 1. The molecule has 0 bridgehead atoms. The van der Waals surface area contributed by atoms with Crippen molar-refractivity contribution in [2.24, 2.45) is 85.6 Å². The molecule has 534 valence electrons. The summed E-state index contributed by atoms with van der Waals surface area (Å²) in [4.78, 5) is 6.29. The highest BCUT2D eigenvalue weighted by Crippen LogP contribution is 2.36. The maximum atomic E-state index is 5.69. The largest absolute Gasteiger partial charge is 0.376 e. The number of rotatable bonds is 13. The van der Waals surface area contributed by atoms with Crippen molar-refractivity contribution in [1.82, 2.24) is 42.4 Å². The first kappa shape index (κ1) is 75.1. The highest BCUT2D eigenvalue weighted by atomic mass is 32.1. The van der Waals surface area contributed by atoms with Gasteiger partial charge in [-0.25, -0.2) is 0 Å². The number of azo groups is 2. The van der Waals surface area contributed by atoms with Crippen molar-refractivity contribution < 1.29 is 4.74 Å². The van der Waals surface area contributed by atoms with Crippen molar-refractivity contribution in [3.8, 4) is 0 Å². The molecule has 0 radical (unpaired) electrons. The first-order chi connectivity index (χ1) is 49.5. The number of hydrogen-bond donors (Lipinski definition) is 6. The van der Waals surface area contributed by atoms with Crippen LogP contribution in [0, 0.1) is 34.5 Å². The molecular weight excluding hydrogens is 1290 g/mol. The van der Waals surface area contributed by atoms with Crippen LogP contribution in [0.25, 0.3) is 0 Å². The van der Waals surface area contributed by atoms with Gasteiger partial charge in [-0.1, -0.05) is 192 Å². The van der Waals surface area contributed by atoms with E-state index in [9.17, 15) is 0 Å². The molecule has 0 aliphatic carbocycles. The smallest absolute Gasteiger partial charge is 0.0831 e. The van der Waals surface area contributed by atoms with E-state index >= 15 is 0 Å². The number of likely N-dealkylation sites (tertiary alicyclic amines) is 2. The van der Waals surface area contributed by atoms with Crippen LogP contribution >= 0.6 is 22.7 Å². The molecular formula is C80H106N18OS2. The fourth-order valence-corrected chi connectivity index (χ4v) is 14.5. The molecule has 9 unspecified atom stereocenters. The molecule has 9 atom stereocenters. The topological polar surface area (TPSA) is 211 Å². The van der Waals surface area contributed by atoms with Crippen LogP contribution in [-0.4, -0.2) is 119 Å². The summed E-state index contributed by atoms with van der Waals surface area (Å²) in [5.41, 5.74) is 28.4. The molecule has 1 spiro atoms. The number of thiophene rings is 2. The molecule has 10 aliphatic heterocycles. The molecule has 2 aromatic heterocycles. The number of hydrogen-bond acceptors (Lipinski definition) is 21. The highest BCUT2D eigenvalue weighted by Gasteiger charge is 2.37. The molecule has 10 aliphatic rings. The quantitative estimate of drug-likeness (QED) is 0.0647. The zero-order chi connectivity index (χ0) is 70.2. The Morgan fingerprint density at radius 2 is 1.15 bits per heavy atom. The standard InChI is InChI=1S/C14H19N3.C12H16N2O.C12H16N2.C11H14N2.C10H12N2.C7H13N3.2C7H8N2S/c1-2-4-13(5-3-1)10-17-8-6-14(7-9-17)11-15-16-12-14;1-12(8-13-14-9-12)10-15-7-11-5-3-2-4-6-11;1-9(2)11-8-12(14-13-11)10-6-4-3-5-7-10;1-2-9-8-12-13-11(9)10-6-4-3-5-7-10;1-8-7-11-12-10(8)9-5-3-2-4-6-9;1-10-3-2-7-6(5-10)4-8-9-7;1-3-8-9-7(1)6-2-4-10-5-6;1-2-7(10-5-1)6-3-4-8-9-6/h1-5H,6-12H2;2-6H,7-10H2,1H3;3-7,9,12,14H,8H2,1-2H3;3-9,11,13H,2H2,1H3;2-8,10,12H,1H3;4,6-7,9H,2-3,5H2,1H3;2-5,7,9H,1H2;1-2,4-6,9H,3H2. The summed E-state index contributed by atoms with van der Waals surface area (Å²) < 4.78 is 5.69. The van der Waals surface area contributed by atoms with Crippen molar-refractivity contribution in [2.75, 3.05) is 66.0 Å². The Bertz CT molecular complexity index is 3590. The lowest BCUT2D eigenvalue weighted by molar-refractivity contribution is 0.0567. The first-order valence-electron chi connectivity index (χ1n) is 36.2. The van der Waals surface area contributed by atoms with E-state index in [1.165, 1.54) is 89.4 Å². The van der Waals surface area contributed by atoms with E-state index < -0.39 is 0 Å². The minimum Gasteiger partial charge on any atom is -0.376 e. The second-order valence-corrected chi connectivity index (χ2v) is 29.8. The second-order valence-electron chi connectivity index (χ2n) is 28.1. The zero-order valence-corrected chi connectivity index (χ0v) is 61.5. The van der Waals surface area contributed by atoms with Crippen LogP contribution in [0.1, 0.15) is 148 Å². The van der Waals surface area contributed by atoms with Gasteiger partial charge < -0.3 is 42.2 Å². The molecule has 2 saturated heterocycles. The van der Waals surface area contributed by atoms with E-state index in [4.69, 9.17) is 4.74 Å². The van der Waals surface area contributed by atoms with Crippen molar-refractivity contribution >= 4 is 59.5 Å². The lowest BCUT2D eigenvalue weighted by atomic mass is 9.79. The summed E-state index contributed by atoms with van der Waals surface area (Å²) in [6, 6.07) is 61.3. The Labute approximate surface area is 607 Å². The predicted molar refractivity (Wildman–Crippen MR) is 418 cm³/mol. The molecule has 17 rings (SSSR count). The van der Waals surface area contributed by atoms with Crippen LogP contribution in [0.5, 0.6) is 0 Å². The van der Waals surface area contributed by atoms with Gasteiger partial charge in [-0.05, 0) is 120 Å². The van der Waals surface area contributed by atoms with Gasteiger partial charge in [0.15, 0.2) is 0 Å². The molecule has 0 saturated carbocycles. The normalized spacial score (nSPS) is 24.5. The third-order valence-electron chi connectivity index (χ3n) is 19.6. The molecule has 7 aromatic rings. The van der Waals surface area contributed by atoms with Gasteiger partial charge in [-0.2, -0.15) is 62.4 Å². The predicted octanol–water partition coefficient (Wildman–Crippen LogP) is 15.9. The number of nitrogens with one attached hydrogen (secondary N) is 6. The fourth-order valence-electron chi connectivity index (χ4n) is 13.0. The Kier molecular flexibility index (Phi) is 29.8. The lowest BCUT2D eigenvalue weighted by Gasteiger charge is -2.37. The van der Waals surface area contributed by atoms with Gasteiger partial charge >= 0.3 is 0 Å². The molecule has 101 heavy (non-hydrogen) atoms. The second kappa shape index (κ2) is 40.1. The molecule has 21 heteroatoms. The molecule has 5 aromatic carbocycles. The maximum Gasteiger partial charge on any atom is 0.0831 e. The van der Waals surface area contributed by atoms with E-state index in [2.05, 4.69) is 285 Å². The van der Waals surface area contributed by atoms with Crippen LogP contribution in [-0.2, 0) is 17.9 Å². The monoisotopic (exact) mass is 1400 g/mol. The third kappa shape index (κ3) is 24.0. The number of piperidine rings is 2. The fraction of sp³-hybridized carbons (Fsp3) is 0.450. The summed E-state index contributed by atoms with van der Waals surface area (Å²) in [6.07, 6.45) is 17.8. The van der Waals surface area contributed by atoms with Gasteiger partial charge in [0, 0.05) is 103 Å². The van der Waals surface area contributed by atoms with E-state index in [0.717, 1.165) is 65.0 Å². The van der Waals surface area contributed by atoms with E-state index in [0.29, 0.717) is 71.9 Å². The minimum absolute atomic E-state index is 0.120. The van der Waals surface area contributed by atoms with Gasteiger partial charge in [0.25, 0.3) is 0 Å². The first-order valence-corrected chi connectivity index (χ1v) is 38.0. The van der Waals surface area contributed by atoms with E-state index in [1.54, 1.807) is 22.7 Å². The summed E-state index contributed by atoms with van der Waals surface area (Å²) in [7, 11) is 2.17. The van der Waals surface area contributed by atoms with Crippen LogP contribution in [0.3, 0.4) is 0 Å². The van der Waals surface area contributed by atoms with Gasteiger partial charge in [0.1, 0.15) is 0 Å². The number of hydrazone groups is 6. The van der Waals surface area contributed by atoms with Crippen LogP contribution in [0.15, 0.2) is 237 Å². The Balaban J connectivity index is 0.000000125. The highest BCUT2D eigenvalue weighted by molar-refractivity contribution is 7.10. The Hall–Kier alpha value is -8.60. The van der Waals surface area contributed by atoms with Crippen LogP contribution in [0.2, 0.25) is 0 Å². The van der Waals surface area contributed by atoms with Crippen molar-refractivity contribution in [3.63, 3.8) is 0 Å². The summed E-state index contributed by atoms with van der Waals surface area (Å²) in [5, 5.41) is 47.2. The molecule has 2 fully saturated rings. The van der Waals surface area contributed by atoms with E-state index in [1.807, 2.05) is 67.5 Å². The molecule has 12 heterocycles. The maximum absolute atomic E-state index is 5.69. The number of benzene rings is 5. The van der Waals surface area contributed by atoms with Crippen molar-refractivity contribution in [3.05, 3.63) is 224 Å². The number of nitrogens with zero attached hydrogens (tertiary/aromatic N) is 12. The van der Waals surface area contributed by atoms with Gasteiger partial charge in [-0.3, -0.25) is 4.90 Å². The summed E-state index contributed by atoms with van der Waals surface area (Å²) in [6.45, 7) is 21.7. The van der Waals surface area contributed by atoms with E-state index in [-0.39, 0.29) is 5.41 Å². The van der Waals surface area contributed by atoms with Gasteiger partial charge in [0.2, 0.25) is 0 Å². The van der Waals surface area contributed by atoms with Crippen molar-refractivity contribution in [1.29, 1.82) is 0 Å². The van der Waals surface area contributed by atoms with Gasteiger partial charge in [-0.15, -0.1) is 11.3 Å². The Morgan fingerprint density at radius 1 is 0.564 bits per heavy atom. The average Bonchev–Trinajstić information content (AvgIpc) is 1.76. The summed E-state index contributed by atoms with van der Waals surface area (Å²) >= 11 is 3.51. The SMILES string of the molecule is C1=NNC(c2cccs2)C1.C1=NNC(c2ccsc2)C1.CC(C)C1=NNC(c2ccccc2)C1.CC1(COCc2ccccc2)CN=NC1.CC1C=NNC1c1ccccc1.CCC1C=NNC1c1ccccc1.CN1CCC2NN=CC2C1.c1ccc(CN2CCC3(CC2)CN=NC3)cc1. The molecule has 0 amide bonds. The summed E-state index contributed by atoms with van der Waals surface area (Å²) in [5.74, 6) is 2.25. The zero-order valence-electron chi connectivity index (χ0n) is 59.9. The van der Waals surface area contributed by atoms with Gasteiger partial charge in [0.05, 0.1) is 75.6 Å². The lowest BCUT2D eigenvalue weighted by Crippen LogP contribution is -2.43. The van der Waals surface area contributed by atoms with Crippen molar-refractivity contribution in [2.45, 2.75) is 129 Å². The molecule has 6 N–H and O–H groups in total. The average molecular weight is 1400 g/mol. The van der Waals surface area contributed by atoms with Crippen LogP contribution in [0.4, 0.5) is 0 Å². The third-order valence-corrected chi connectivity index (χ3v) is 21.2. The van der Waals surface area contributed by atoms with Crippen LogP contribution < -0.4 is 32.6 Å². The molecule has 19 nitrogen and oxygen atoms in total. The minimum atomic E-state index is 0.120.